The summed E-state index contributed by atoms with van der Waals surface area (Å²) in [7, 11) is 0. The van der Waals surface area contributed by atoms with E-state index < -0.39 is 44.4 Å². The largest absolute Gasteiger partial charge is 0.506 e. The number of amides is 1. The normalized spacial score (nSPS) is 10.2. The highest BCUT2D eigenvalue weighted by molar-refractivity contribution is 6.06. The first kappa shape index (κ1) is 18.3. The van der Waals surface area contributed by atoms with E-state index in [1.165, 1.54) is 6.92 Å². The van der Waals surface area contributed by atoms with Crippen LogP contribution in [0.1, 0.15) is 26.3 Å². The summed E-state index contributed by atoms with van der Waals surface area (Å²) in [5, 5.41) is 42.9. The van der Waals surface area contributed by atoms with Gasteiger partial charge in [-0.2, -0.15) is 0 Å². The third-order valence-electron chi connectivity index (χ3n) is 3.50. The van der Waals surface area contributed by atoms with Crippen molar-refractivity contribution < 1.29 is 29.6 Å². The number of nitrogens with zero attached hydrogens (tertiary/aromatic N) is 2. The maximum atomic E-state index is 12.3. The number of nitrogens with one attached hydrogen (secondary N) is 1. The summed E-state index contributed by atoms with van der Waals surface area (Å²) in [6.45, 7) is 1.18. The third kappa shape index (κ3) is 3.56. The van der Waals surface area contributed by atoms with Gasteiger partial charge in [0, 0.05) is 12.1 Å². The first-order valence-electron chi connectivity index (χ1n) is 6.93. The van der Waals surface area contributed by atoms with E-state index in [0.717, 1.165) is 30.3 Å². The molecule has 11 nitrogen and oxygen atoms in total. The van der Waals surface area contributed by atoms with Crippen LogP contribution in [0.4, 0.5) is 17.1 Å². The summed E-state index contributed by atoms with van der Waals surface area (Å²) in [5.74, 6) is -2.74. The van der Waals surface area contributed by atoms with E-state index in [2.05, 4.69) is 5.32 Å². The molecule has 0 heterocycles. The number of aromatic carboxylic acids is 1. The lowest BCUT2D eigenvalue weighted by molar-refractivity contribution is -0.395. The zero-order valence-corrected chi connectivity index (χ0v) is 13.1. The van der Waals surface area contributed by atoms with E-state index in [9.17, 15) is 34.9 Å². The molecule has 0 spiro atoms. The summed E-state index contributed by atoms with van der Waals surface area (Å²) >= 11 is 0. The molecule has 11 heteroatoms. The number of phenolic OH excluding ortho intramolecular Hbond substituents is 1. The van der Waals surface area contributed by atoms with E-state index in [0.29, 0.717) is 0 Å². The fraction of sp³-hybridized carbons (Fsp3) is 0.0667. The van der Waals surface area contributed by atoms with Gasteiger partial charge in [-0.1, -0.05) is 0 Å². The maximum absolute atomic E-state index is 12.3. The number of rotatable bonds is 5. The van der Waals surface area contributed by atoms with E-state index in [4.69, 9.17) is 5.11 Å². The molecule has 0 bridgehead atoms. The standard InChI is InChI=1S/C15H11N3O8/c1-7-11(17(23)24)5-9(6-12(7)18(25)26)14(20)16-10-4-8(15(21)22)2-3-13(10)19/h2-6,19H,1H3,(H,16,20)(H,21,22). The molecule has 26 heavy (non-hydrogen) atoms. The van der Waals surface area contributed by atoms with Crippen LogP contribution in [0.25, 0.3) is 0 Å². The van der Waals surface area contributed by atoms with Crippen molar-refractivity contribution in [3.63, 3.8) is 0 Å². The number of nitro groups is 2. The molecule has 0 unspecified atom stereocenters. The average molecular weight is 361 g/mol. The van der Waals surface area contributed by atoms with Crippen molar-refractivity contribution in [3.8, 4) is 5.75 Å². The van der Waals surface area contributed by atoms with Crippen molar-refractivity contribution in [2.24, 2.45) is 0 Å². The Labute approximate surface area is 144 Å². The number of anilines is 1. The minimum atomic E-state index is -1.30. The van der Waals surface area contributed by atoms with Gasteiger partial charge in [-0.25, -0.2) is 4.79 Å². The number of carbonyl (C=O) groups excluding carboxylic acids is 1. The first-order valence-corrected chi connectivity index (χ1v) is 6.93. The molecule has 0 aromatic heterocycles. The summed E-state index contributed by atoms with van der Waals surface area (Å²) in [6.07, 6.45) is 0. The molecule has 3 N–H and O–H groups in total. The Morgan fingerprint density at radius 1 is 1.00 bits per heavy atom. The number of nitro benzene ring substituents is 2. The monoisotopic (exact) mass is 361 g/mol. The first-order chi connectivity index (χ1) is 12.1. The van der Waals surface area contributed by atoms with Gasteiger partial charge in [-0.3, -0.25) is 25.0 Å². The number of carbonyl (C=O) groups is 2. The van der Waals surface area contributed by atoms with Gasteiger partial charge in [0.1, 0.15) is 11.3 Å². The fourth-order valence-electron chi connectivity index (χ4n) is 2.16. The van der Waals surface area contributed by atoms with Gasteiger partial charge in [-0.15, -0.1) is 0 Å². The molecule has 134 valence electrons. The molecular weight excluding hydrogens is 350 g/mol. The number of hydrogen-bond acceptors (Lipinski definition) is 7. The van der Waals surface area contributed by atoms with E-state index in [1.807, 2.05) is 0 Å². The van der Waals surface area contributed by atoms with Crippen molar-refractivity contribution in [3.05, 3.63) is 67.3 Å². The molecule has 1 amide bonds. The average Bonchev–Trinajstić information content (AvgIpc) is 2.56. The van der Waals surface area contributed by atoms with Crippen LogP contribution in [0.3, 0.4) is 0 Å². The number of carboxylic acids is 1. The Morgan fingerprint density at radius 3 is 2.00 bits per heavy atom. The topological polar surface area (TPSA) is 173 Å². The van der Waals surface area contributed by atoms with Crippen molar-refractivity contribution in [2.75, 3.05) is 5.32 Å². The summed E-state index contributed by atoms with van der Waals surface area (Å²) in [6, 6.07) is 4.84. The molecule has 2 rings (SSSR count). The second-order valence-corrected chi connectivity index (χ2v) is 5.14. The van der Waals surface area contributed by atoms with Crippen LogP contribution in [0.5, 0.6) is 5.75 Å². The predicted molar refractivity (Wildman–Crippen MR) is 87.5 cm³/mol. The van der Waals surface area contributed by atoms with Crippen LogP contribution in [0, 0.1) is 27.2 Å². The highest BCUT2D eigenvalue weighted by atomic mass is 16.6. The second kappa shape index (κ2) is 6.84. The lowest BCUT2D eigenvalue weighted by Crippen LogP contribution is -2.14. The number of hydrogen-bond donors (Lipinski definition) is 3. The number of carboxylic acid groups (broad SMARTS) is 1. The Morgan fingerprint density at radius 2 is 1.54 bits per heavy atom. The summed E-state index contributed by atoms with van der Waals surface area (Å²) in [5.41, 5.74) is -2.33. The summed E-state index contributed by atoms with van der Waals surface area (Å²) in [4.78, 5) is 43.6. The zero-order valence-electron chi connectivity index (χ0n) is 13.1. The van der Waals surface area contributed by atoms with Crippen molar-refractivity contribution >= 4 is 28.9 Å². The van der Waals surface area contributed by atoms with Gasteiger partial charge in [0.05, 0.1) is 26.7 Å². The Kier molecular flexibility index (Phi) is 4.82. The minimum Gasteiger partial charge on any atom is -0.506 e. The van der Waals surface area contributed by atoms with Gasteiger partial charge >= 0.3 is 5.97 Å². The van der Waals surface area contributed by atoms with E-state index in [-0.39, 0.29) is 16.8 Å². The molecular formula is C15H11N3O8. The molecule has 0 fully saturated rings. The predicted octanol–water partition coefficient (Wildman–Crippen LogP) is 2.47. The Balaban J connectivity index is 2.48. The molecule has 0 aliphatic heterocycles. The quantitative estimate of drug-likeness (QED) is 0.413. The lowest BCUT2D eigenvalue weighted by Gasteiger charge is -2.09. The van der Waals surface area contributed by atoms with Crippen molar-refractivity contribution in [1.29, 1.82) is 0 Å². The maximum Gasteiger partial charge on any atom is 0.335 e. The van der Waals surface area contributed by atoms with Crippen LogP contribution in [-0.4, -0.2) is 31.9 Å². The summed E-state index contributed by atoms with van der Waals surface area (Å²) < 4.78 is 0. The van der Waals surface area contributed by atoms with Gasteiger partial charge < -0.3 is 15.5 Å². The van der Waals surface area contributed by atoms with Crippen LogP contribution < -0.4 is 5.32 Å². The van der Waals surface area contributed by atoms with Gasteiger partial charge in [0.2, 0.25) is 0 Å². The van der Waals surface area contributed by atoms with E-state index >= 15 is 0 Å². The van der Waals surface area contributed by atoms with Crippen molar-refractivity contribution in [2.45, 2.75) is 6.92 Å². The molecule has 0 saturated heterocycles. The molecule has 0 saturated carbocycles. The Hall–Kier alpha value is -4.02. The molecule has 2 aromatic rings. The van der Waals surface area contributed by atoms with Gasteiger partial charge in [0.15, 0.2) is 0 Å². The number of aromatic hydroxyl groups is 1. The van der Waals surface area contributed by atoms with Crippen LogP contribution >= 0.6 is 0 Å². The molecule has 0 aliphatic rings. The van der Waals surface area contributed by atoms with E-state index in [1.54, 1.807) is 0 Å². The molecule has 0 aliphatic carbocycles. The fourth-order valence-corrected chi connectivity index (χ4v) is 2.16. The Bertz CT molecular complexity index is 919. The molecule has 0 atom stereocenters. The molecule has 0 radical (unpaired) electrons. The zero-order chi connectivity index (χ0) is 19.6. The smallest absolute Gasteiger partial charge is 0.335 e. The minimum absolute atomic E-state index is 0.215. The third-order valence-corrected chi connectivity index (χ3v) is 3.50. The van der Waals surface area contributed by atoms with Gasteiger partial charge in [-0.05, 0) is 25.1 Å². The SMILES string of the molecule is Cc1c([N+](=O)[O-])cc(C(=O)Nc2cc(C(=O)O)ccc2O)cc1[N+](=O)[O-]. The number of phenols is 1. The lowest BCUT2D eigenvalue weighted by atomic mass is 10.1. The second-order valence-electron chi connectivity index (χ2n) is 5.14. The van der Waals surface area contributed by atoms with Crippen LogP contribution in [0.2, 0.25) is 0 Å². The highest BCUT2D eigenvalue weighted by Gasteiger charge is 2.25. The van der Waals surface area contributed by atoms with Crippen molar-refractivity contribution in [1.82, 2.24) is 0 Å². The highest BCUT2D eigenvalue weighted by Crippen LogP contribution is 2.30. The molecule has 2 aromatic carbocycles. The van der Waals surface area contributed by atoms with Crippen LogP contribution in [0.15, 0.2) is 30.3 Å². The number of benzene rings is 2. The van der Waals surface area contributed by atoms with Crippen LogP contribution in [-0.2, 0) is 0 Å². The van der Waals surface area contributed by atoms with Gasteiger partial charge in [0.25, 0.3) is 17.3 Å².